The average molecular weight is 484 g/mol. The van der Waals surface area contributed by atoms with Crippen LogP contribution in [0.5, 0.6) is 5.88 Å². The SMILES string of the molecule is COC(=O)Oc1ccc(C(=O)NS(=O)(=O)c2cccc(CCNC(=O)c3ccccc3)c2)cn1. The monoisotopic (exact) mass is 483 g/mol. The number of amides is 2. The number of carbonyl (C=O) groups excluding carboxylic acids is 3. The lowest BCUT2D eigenvalue weighted by atomic mass is 10.1. The van der Waals surface area contributed by atoms with Crippen LogP contribution in [-0.2, 0) is 21.2 Å². The zero-order valence-electron chi connectivity index (χ0n) is 18.1. The third kappa shape index (κ3) is 6.62. The van der Waals surface area contributed by atoms with Gasteiger partial charge in [-0.1, -0.05) is 30.3 Å². The molecular weight excluding hydrogens is 462 g/mol. The molecule has 0 saturated heterocycles. The van der Waals surface area contributed by atoms with Crippen molar-refractivity contribution in [3.05, 3.63) is 89.6 Å². The van der Waals surface area contributed by atoms with E-state index in [4.69, 9.17) is 4.74 Å². The van der Waals surface area contributed by atoms with Gasteiger partial charge in [0.15, 0.2) is 0 Å². The molecule has 2 N–H and O–H groups in total. The van der Waals surface area contributed by atoms with Crippen molar-refractivity contribution in [3.8, 4) is 5.88 Å². The number of nitrogens with zero attached hydrogens (tertiary/aromatic N) is 1. The number of aromatic nitrogens is 1. The molecule has 3 aromatic rings. The Morgan fingerprint density at radius 3 is 2.35 bits per heavy atom. The topological polar surface area (TPSA) is 141 Å². The molecule has 0 fully saturated rings. The lowest BCUT2D eigenvalue weighted by Gasteiger charge is -2.10. The first-order valence-corrected chi connectivity index (χ1v) is 11.5. The molecule has 1 heterocycles. The lowest BCUT2D eigenvalue weighted by Crippen LogP contribution is -2.30. The zero-order valence-corrected chi connectivity index (χ0v) is 18.9. The lowest BCUT2D eigenvalue weighted by molar-refractivity contribution is 0.0951. The summed E-state index contributed by atoms with van der Waals surface area (Å²) >= 11 is 0. The maximum atomic E-state index is 12.7. The molecule has 0 spiro atoms. The van der Waals surface area contributed by atoms with Crippen molar-refractivity contribution in [3.63, 3.8) is 0 Å². The van der Waals surface area contributed by atoms with E-state index in [1.165, 1.54) is 24.3 Å². The fourth-order valence-electron chi connectivity index (χ4n) is 2.82. The predicted molar refractivity (Wildman–Crippen MR) is 121 cm³/mol. The molecule has 0 aliphatic rings. The molecule has 0 atom stereocenters. The maximum Gasteiger partial charge on any atom is 0.514 e. The van der Waals surface area contributed by atoms with E-state index in [9.17, 15) is 22.8 Å². The van der Waals surface area contributed by atoms with E-state index in [0.717, 1.165) is 13.3 Å². The van der Waals surface area contributed by atoms with Crippen LogP contribution in [0.25, 0.3) is 0 Å². The molecule has 3 rings (SSSR count). The number of hydrogen-bond acceptors (Lipinski definition) is 8. The summed E-state index contributed by atoms with van der Waals surface area (Å²) in [6.45, 7) is 0.301. The second-order valence-corrected chi connectivity index (χ2v) is 8.58. The second kappa shape index (κ2) is 11.1. The van der Waals surface area contributed by atoms with E-state index in [1.807, 2.05) is 10.8 Å². The molecule has 0 aliphatic carbocycles. The van der Waals surface area contributed by atoms with Gasteiger partial charge in [-0.2, -0.15) is 0 Å². The van der Waals surface area contributed by atoms with E-state index in [1.54, 1.807) is 36.4 Å². The number of carbonyl (C=O) groups is 3. The van der Waals surface area contributed by atoms with Crippen molar-refractivity contribution in [1.82, 2.24) is 15.0 Å². The minimum absolute atomic E-state index is 0.0550. The summed E-state index contributed by atoms with van der Waals surface area (Å²) < 4.78 is 36.4. The van der Waals surface area contributed by atoms with Crippen LogP contribution in [0.15, 0.2) is 77.8 Å². The number of rotatable bonds is 8. The summed E-state index contributed by atoms with van der Waals surface area (Å²) in [5.74, 6) is -1.25. The fourth-order valence-corrected chi connectivity index (χ4v) is 3.87. The van der Waals surface area contributed by atoms with Crippen LogP contribution in [0.2, 0.25) is 0 Å². The number of hydrogen-bond donors (Lipinski definition) is 2. The van der Waals surface area contributed by atoms with Crippen LogP contribution in [0.4, 0.5) is 4.79 Å². The third-order valence-corrected chi connectivity index (χ3v) is 5.85. The first-order valence-electron chi connectivity index (χ1n) is 9.99. The second-order valence-electron chi connectivity index (χ2n) is 6.90. The molecule has 0 unspecified atom stereocenters. The molecule has 34 heavy (non-hydrogen) atoms. The molecule has 0 radical (unpaired) electrons. The molecule has 2 amide bonds. The van der Waals surface area contributed by atoms with E-state index in [-0.39, 0.29) is 22.2 Å². The molecule has 176 valence electrons. The summed E-state index contributed by atoms with van der Waals surface area (Å²) in [4.78, 5) is 39.2. The highest BCUT2D eigenvalue weighted by molar-refractivity contribution is 7.90. The standard InChI is InChI=1S/C23H21N3O7S/c1-32-23(29)33-20-11-10-18(15-25-20)22(28)26-34(30,31)19-9-5-6-16(14-19)12-13-24-21(27)17-7-3-2-4-8-17/h2-11,14-15H,12-13H2,1H3,(H,24,27)(H,26,28). The van der Waals surface area contributed by atoms with Gasteiger partial charge in [-0.15, -0.1) is 0 Å². The van der Waals surface area contributed by atoms with Crippen molar-refractivity contribution < 1.29 is 32.3 Å². The van der Waals surface area contributed by atoms with Gasteiger partial charge in [0.25, 0.3) is 21.8 Å². The van der Waals surface area contributed by atoms with Gasteiger partial charge >= 0.3 is 6.16 Å². The Labute approximate surface area is 196 Å². The summed E-state index contributed by atoms with van der Waals surface area (Å²) in [6.07, 6.45) is 0.475. The number of sulfonamides is 1. The quantitative estimate of drug-likeness (QED) is 0.465. The summed E-state index contributed by atoms with van der Waals surface area (Å²) in [5, 5.41) is 2.78. The molecule has 2 aromatic carbocycles. The van der Waals surface area contributed by atoms with Crippen LogP contribution in [0, 0.1) is 0 Å². The first-order chi connectivity index (χ1) is 16.3. The van der Waals surface area contributed by atoms with Gasteiger partial charge in [0.2, 0.25) is 5.88 Å². The maximum absolute atomic E-state index is 12.7. The van der Waals surface area contributed by atoms with Crippen LogP contribution in [0.3, 0.4) is 0 Å². The normalized spacial score (nSPS) is 10.7. The Bertz CT molecular complexity index is 1280. The molecule has 0 aliphatic heterocycles. The van der Waals surface area contributed by atoms with Gasteiger partial charge in [0.1, 0.15) is 0 Å². The van der Waals surface area contributed by atoms with Crippen molar-refractivity contribution in [2.45, 2.75) is 11.3 Å². The molecule has 11 heteroatoms. The third-order valence-electron chi connectivity index (χ3n) is 4.52. The van der Waals surface area contributed by atoms with E-state index in [0.29, 0.717) is 24.1 Å². The van der Waals surface area contributed by atoms with Crippen molar-refractivity contribution in [2.24, 2.45) is 0 Å². The number of methoxy groups -OCH3 is 1. The molecule has 1 aromatic heterocycles. The van der Waals surface area contributed by atoms with E-state index < -0.39 is 22.1 Å². The van der Waals surface area contributed by atoms with Crippen molar-refractivity contribution in [2.75, 3.05) is 13.7 Å². The van der Waals surface area contributed by atoms with E-state index in [2.05, 4.69) is 15.0 Å². The Hall–Kier alpha value is -4.25. The zero-order chi connectivity index (χ0) is 24.6. The largest absolute Gasteiger partial charge is 0.514 e. The van der Waals surface area contributed by atoms with Crippen molar-refractivity contribution in [1.29, 1.82) is 0 Å². The molecular formula is C23H21N3O7S. The first kappa shape index (κ1) is 24.4. The predicted octanol–water partition coefficient (Wildman–Crippen LogP) is 2.32. The Kier molecular flexibility index (Phi) is 7.93. The Morgan fingerprint density at radius 2 is 1.68 bits per heavy atom. The molecule has 0 bridgehead atoms. The fraction of sp³-hybridized carbons (Fsp3) is 0.130. The minimum Gasteiger partial charge on any atom is -0.437 e. The van der Waals surface area contributed by atoms with Gasteiger partial charge in [0, 0.05) is 24.4 Å². The van der Waals surface area contributed by atoms with Gasteiger partial charge in [0.05, 0.1) is 17.6 Å². The molecule has 10 nitrogen and oxygen atoms in total. The van der Waals surface area contributed by atoms with Crippen LogP contribution < -0.4 is 14.8 Å². The highest BCUT2D eigenvalue weighted by Gasteiger charge is 2.20. The van der Waals surface area contributed by atoms with E-state index >= 15 is 0 Å². The minimum atomic E-state index is -4.17. The van der Waals surface area contributed by atoms with Gasteiger partial charge in [-0.3, -0.25) is 9.59 Å². The smallest absolute Gasteiger partial charge is 0.437 e. The Balaban J connectivity index is 1.60. The number of benzene rings is 2. The number of nitrogens with one attached hydrogen (secondary N) is 2. The summed E-state index contributed by atoms with van der Waals surface area (Å²) in [7, 11) is -3.04. The highest BCUT2D eigenvalue weighted by atomic mass is 32.2. The van der Waals surface area contributed by atoms with Gasteiger partial charge in [-0.05, 0) is 42.3 Å². The highest BCUT2D eigenvalue weighted by Crippen LogP contribution is 2.14. The van der Waals surface area contributed by atoms with Gasteiger partial charge in [-0.25, -0.2) is 22.9 Å². The Morgan fingerprint density at radius 1 is 0.912 bits per heavy atom. The van der Waals surface area contributed by atoms with Gasteiger partial charge < -0.3 is 14.8 Å². The number of ether oxygens (including phenoxy) is 2. The molecule has 0 saturated carbocycles. The van der Waals surface area contributed by atoms with Crippen LogP contribution in [0.1, 0.15) is 26.3 Å². The average Bonchev–Trinajstić information content (AvgIpc) is 2.84. The van der Waals surface area contributed by atoms with Crippen LogP contribution in [-0.4, -0.2) is 45.0 Å². The summed E-state index contributed by atoms with van der Waals surface area (Å²) in [6, 6.07) is 17.3. The van der Waals surface area contributed by atoms with Crippen molar-refractivity contribution >= 4 is 28.0 Å². The number of pyridine rings is 1. The van der Waals surface area contributed by atoms with Crippen LogP contribution >= 0.6 is 0 Å². The summed E-state index contributed by atoms with van der Waals surface area (Å²) in [5.41, 5.74) is 1.14.